The average molecular weight is 283 g/mol. The van der Waals surface area contributed by atoms with Crippen molar-refractivity contribution in [1.82, 2.24) is 4.90 Å². The summed E-state index contributed by atoms with van der Waals surface area (Å²) in [6.45, 7) is 0.416. The molecule has 1 aliphatic heterocycles. The van der Waals surface area contributed by atoms with Crippen LogP contribution in [-0.2, 0) is 9.53 Å². The molecule has 2 amide bonds. The Balaban J connectivity index is 2.02. The molecule has 0 spiro atoms. The van der Waals surface area contributed by atoms with E-state index in [9.17, 15) is 9.59 Å². The van der Waals surface area contributed by atoms with Gasteiger partial charge in [0.25, 0.3) is 0 Å². The molecule has 1 aromatic rings. The molecule has 2 unspecified atom stereocenters. The van der Waals surface area contributed by atoms with Crippen molar-refractivity contribution < 1.29 is 14.3 Å². The fourth-order valence-electron chi connectivity index (χ4n) is 2.09. The number of hydrogen-bond acceptors (Lipinski definition) is 3. The van der Waals surface area contributed by atoms with Gasteiger partial charge in [0.1, 0.15) is 6.29 Å². The van der Waals surface area contributed by atoms with E-state index in [1.54, 1.807) is 31.4 Å². The van der Waals surface area contributed by atoms with Gasteiger partial charge in [0.05, 0.1) is 12.1 Å². The number of urea groups is 1. The first-order valence-corrected chi connectivity index (χ1v) is 6.33. The number of methoxy groups -OCH3 is 1. The number of anilines is 1. The van der Waals surface area contributed by atoms with Crippen LogP contribution in [0.3, 0.4) is 0 Å². The molecule has 1 N–H and O–H groups in total. The molecule has 6 heteroatoms. The molecule has 0 radical (unpaired) electrons. The number of ether oxygens (including phenoxy) is 1. The molecule has 1 heterocycles. The lowest BCUT2D eigenvalue weighted by atomic mass is 10.2. The SMILES string of the molecule is COC1CC(C=O)N(C(=O)Nc2ccc(Cl)cc2)C1. The second kappa shape index (κ2) is 6.04. The summed E-state index contributed by atoms with van der Waals surface area (Å²) in [5.74, 6) is 0. The van der Waals surface area contributed by atoms with Gasteiger partial charge in [0, 0.05) is 30.8 Å². The molecule has 0 aromatic heterocycles. The Kier molecular flexibility index (Phi) is 4.39. The van der Waals surface area contributed by atoms with E-state index in [1.807, 2.05) is 0 Å². The summed E-state index contributed by atoms with van der Waals surface area (Å²) in [7, 11) is 1.58. The summed E-state index contributed by atoms with van der Waals surface area (Å²) in [6, 6.07) is 6.06. The van der Waals surface area contributed by atoms with Gasteiger partial charge in [-0.15, -0.1) is 0 Å². The molecule has 2 rings (SSSR count). The fourth-order valence-corrected chi connectivity index (χ4v) is 2.21. The maximum Gasteiger partial charge on any atom is 0.322 e. The van der Waals surface area contributed by atoms with Crippen LogP contribution in [0.25, 0.3) is 0 Å². The highest BCUT2D eigenvalue weighted by Crippen LogP contribution is 2.20. The van der Waals surface area contributed by atoms with E-state index in [2.05, 4.69) is 5.32 Å². The van der Waals surface area contributed by atoms with Crippen LogP contribution in [0.4, 0.5) is 10.5 Å². The summed E-state index contributed by atoms with van der Waals surface area (Å²) < 4.78 is 5.19. The van der Waals surface area contributed by atoms with Crippen LogP contribution in [0.5, 0.6) is 0 Å². The Morgan fingerprint density at radius 2 is 2.16 bits per heavy atom. The van der Waals surface area contributed by atoms with Crippen LogP contribution in [-0.4, -0.2) is 43.0 Å². The fraction of sp³-hybridized carbons (Fsp3) is 0.385. The molecule has 1 saturated heterocycles. The number of rotatable bonds is 3. The molecule has 1 aromatic carbocycles. The second-order valence-electron chi connectivity index (χ2n) is 4.39. The zero-order valence-corrected chi connectivity index (χ0v) is 11.3. The van der Waals surface area contributed by atoms with Gasteiger partial charge in [-0.2, -0.15) is 0 Å². The van der Waals surface area contributed by atoms with Crippen molar-refractivity contribution in [2.45, 2.75) is 18.6 Å². The van der Waals surface area contributed by atoms with Crippen molar-refractivity contribution in [1.29, 1.82) is 0 Å². The highest BCUT2D eigenvalue weighted by molar-refractivity contribution is 6.30. The first kappa shape index (κ1) is 13.8. The minimum atomic E-state index is -0.433. The minimum Gasteiger partial charge on any atom is -0.380 e. The van der Waals surface area contributed by atoms with Crippen molar-refractivity contribution in [3.63, 3.8) is 0 Å². The Morgan fingerprint density at radius 1 is 1.47 bits per heavy atom. The number of halogens is 1. The summed E-state index contributed by atoms with van der Waals surface area (Å²) in [4.78, 5) is 24.6. The minimum absolute atomic E-state index is 0.0915. The van der Waals surface area contributed by atoms with Gasteiger partial charge in [-0.1, -0.05) is 11.6 Å². The molecule has 1 fully saturated rings. The molecule has 0 saturated carbocycles. The first-order chi connectivity index (χ1) is 9.13. The number of nitrogens with one attached hydrogen (secondary N) is 1. The molecule has 0 aliphatic carbocycles. The number of amides is 2. The lowest BCUT2D eigenvalue weighted by Gasteiger charge is -2.20. The molecule has 0 bridgehead atoms. The standard InChI is InChI=1S/C13H15ClN2O3/c1-19-12-6-11(8-17)16(7-12)13(18)15-10-4-2-9(14)3-5-10/h2-5,8,11-12H,6-7H2,1H3,(H,15,18). The summed E-state index contributed by atoms with van der Waals surface area (Å²) >= 11 is 5.77. The lowest BCUT2D eigenvalue weighted by Crippen LogP contribution is -2.39. The van der Waals surface area contributed by atoms with Crippen LogP contribution in [0.15, 0.2) is 24.3 Å². The third kappa shape index (κ3) is 3.24. The molecule has 5 nitrogen and oxygen atoms in total. The maximum absolute atomic E-state index is 12.1. The van der Waals surface area contributed by atoms with Crippen LogP contribution >= 0.6 is 11.6 Å². The summed E-state index contributed by atoms with van der Waals surface area (Å²) in [5, 5.41) is 3.34. The zero-order chi connectivity index (χ0) is 13.8. The maximum atomic E-state index is 12.1. The highest BCUT2D eigenvalue weighted by atomic mass is 35.5. The van der Waals surface area contributed by atoms with Crippen LogP contribution in [0.1, 0.15) is 6.42 Å². The number of carbonyl (C=O) groups is 2. The van der Waals surface area contributed by atoms with E-state index >= 15 is 0 Å². The quantitative estimate of drug-likeness (QED) is 0.864. The van der Waals surface area contributed by atoms with Crippen molar-refractivity contribution in [3.05, 3.63) is 29.3 Å². The average Bonchev–Trinajstić information content (AvgIpc) is 2.85. The van der Waals surface area contributed by atoms with Gasteiger partial charge in [-0.25, -0.2) is 4.79 Å². The van der Waals surface area contributed by atoms with Crippen molar-refractivity contribution >= 4 is 29.6 Å². The molecular weight excluding hydrogens is 268 g/mol. The molecule has 19 heavy (non-hydrogen) atoms. The Labute approximate surface area is 116 Å². The lowest BCUT2D eigenvalue weighted by molar-refractivity contribution is -0.110. The van der Waals surface area contributed by atoms with Crippen molar-refractivity contribution in [2.75, 3.05) is 19.0 Å². The molecule has 1 aliphatic rings. The molecule has 2 atom stereocenters. The Morgan fingerprint density at radius 3 is 2.74 bits per heavy atom. The van der Waals surface area contributed by atoms with E-state index in [0.717, 1.165) is 6.29 Å². The molecular formula is C13H15ClN2O3. The van der Waals surface area contributed by atoms with Gasteiger partial charge >= 0.3 is 6.03 Å². The number of aldehydes is 1. The predicted octanol–water partition coefficient (Wildman–Crippen LogP) is 2.16. The van der Waals surface area contributed by atoms with Gasteiger partial charge < -0.3 is 19.7 Å². The number of nitrogens with zero attached hydrogens (tertiary/aromatic N) is 1. The third-order valence-electron chi connectivity index (χ3n) is 3.15. The van der Waals surface area contributed by atoms with E-state index in [-0.39, 0.29) is 12.1 Å². The van der Waals surface area contributed by atoms with Crippen LogP contribution < -0.4 is 5.32 Å². The summed E-state index contributed by atoms with van der Waals surface area (Å²) in [5.41, 5.74) is 0.639. The van der Waals surface area contributed by atoms with Gasteiger partial charge in [-0.05, 0) is 24.3 Å². The number of likely N-dealkylation sites (tertiary alicyclic amines) is 1. The Bertz CT molecular complexity index is 463. The Hall–Kier alpha value is -1.59. The van der Waals surface area contributed by atoms with Gasteiger partial charge in [0.2, 0.25) is 0 Å². The van der Waals surface area contributed by atoms with Crippen LogP contribution in [0, 0.1) is 0 Å². The van der Waals surface area contributed by atoms with Gasteiger partial charge in [-0.3, -0.25) is 0 Å². The zero-order valence-electron chi connectivity index (χ0n) is 10.5. The highest BCUT2D eigenvalue weighted by Gasteiger charge is 2.35. The number of carbonyl (C=O) groups excluding carboxylic acids is 2. The van der Waals surface area contributed by atoms with Crippen molar-refractivity contribution in [3.8, 4) is 0 Å². The number of benzene rings is 1. The second-order valence-corrected chi connectivity index (χ2v) is 4.82. The summed E-state index contributed by atoms with van der Waals surface area (Å²) in [6.07, 6.45) is 1.22. The van der Waals surface area contributed by atoms with Crippen LogP contribution in [0.2, 0.25) is 5.02 Å². The van der Waals surface area contributed by atoms with E-state index in [1.165, 1.54) is 4.90 Å². The van der Waals surface area contributed by atoms with Crippen molar-refractivity contribution in [2.24, 2.45) is 0 Å². The third-order valence-corrected chi connectivity index (χ3v) is 3.40. The van der Waals surface area contributed by atoms with Gasteiger partial charge in [0.15, 0.2) is 0 Å². The first-order valence-electron chi connectivity index (χ1n) is 5.95. The monoisotopic (exact) mass is 282 g/mol. The topological polar surface area (TPSA) is 58.6 Å². The normalized spacial score (nSPS) is 22.3. The smallest absolute Gasteiger partial charge is 0.322 e. The predicted molar refractivity (Wildman–Crippen MR) is 72.4 cm³/mol. The van der Waals surface area contributed by atoms with E-state index in [0.29, 0.717) is 23.7 Å². The van der Waals surface area contributed by atoms with E-state index in [4.69, 9.17) is 16.3 Å². The number of hydrogen-bond donors (Lipinski definition) is 1. The largest absolute Gasteiger partial charge is 0.380 e. The molecule has 102 valence electrons. The van der Waals surface area contributed by atoms with E-state index < -0.39 is 6.04 Å².